The molecule has 6 rings (SSSR count). The van der Waals surface area contributed by atoms with Gasteiger partial charge in [-0.2, -0.15) is 16.8 Å². The van der Waals surface area contributed by atoms with Crippen molar-refractivity contribution in [1.82, 2.24) is 0 Å². The zero-order valence-corrected chi connectivity index (χ0v) is 29.6. The molecule has 0 aliphatic carbocycles. The highest BCUT2D eigenvalue weighted by molar-refractivity contribution is 7.86. The van der Waals surface area contributed by atoms with Crippen molar-refractivity contribution in [2.24, 2.45) is 20.5 Å². The van der Waals surface area contributed by atoms with Crippen LogP contribution in [0, 0.1) is 0 Å². The van der Waals surface area contributed by atoms with Gasteiger partial charge in [0.15, 0.2) is 11.5 Å². The van der Waals surface area contributed by atoms with Gasteiger partial charge in [-0.25, -0.2) is 4.79 Å². The fourth-order valence-corrected chi connectivity index (χ4v) is 6.69. The number of nitrogens with one attached hydrogen (secondary N) is 2. The molecule has 0 saturated heterocycles. The van der Waals surface area contributed by atoms with E-state index in [4.69, 9.17) is 9.47 Å². The Bertz CT molecular complexity index is 2570. The second kappa shape index (κ2) is 14.8. The molecule has 17 nitrogen and oxygen atoms in total. The summed E-state index contributed by atoms with van der Waals surface area (Å²) in [6, 6.07) is 22.5. The Morgan fingerprint density at radius 2 is 0.963 bits per heavy atom. The highest BCUT2D eigenvalue weighted by Crippen LogP contribution is 2.44. The molecule has 276 valence electrons. The van der Waals surface area contributed by atoms with E-state index in [1.54, 1.807) is 48.5 Å². The normalized spacial score (nSPS) is 12.1. The number of rotatable bonds is 10. The maximum Gasteiger partial charge on any atom is 0.323 e. The summed E-state index contributed by atoms with van der Waals surface area (Å²) in [5.74, 6) is -0.566. The van der Waals surface area contributed by atoms with Crippen molar-refractivity contribution in [2.75, 3.05) is 24.9 Å². The largest absolute Gasteiger partial charge is 0.505 e. The van der Waals surface area contributed by atoms with Crippen molar-refractivity contribution in [2.45, 2.75) is 9.79 Å². The number of anilines is 2. The van der Waals surface area contributed by atoms with Crippen LogP contribution in [0.2, 0.25) is 0 Å². The first-order valence-electron chi connectivity index (χ1n) is 15.4. The van der Waals surface area contributed by atoms with Crippen LogP contribution in [-0.4, -0.2) is 56.4 Å². The van der Waals surface area contributed by atoms with Crippen LogP contribution in [0.15, 0.2) is 127 Å². The predicted octanol–water partition coefficient (Wildman–Crippen LogP) is 8.39. The van der Waals surface area contributed by atoms with Crippen LogP contribution in [0.25, 0.3) is 21.5 Å². The van der Waals surface area contributed by atoms with Crippen LogP contribution in [0.1, 0.15) is 0 Å². The average molecular weight is 773 g/mol. The number of hydrogen-bond acceptors (Lipinski definition) is 13. The van der Waals surface area contributed by atoms with Gasteiger partial charge in [-0.05, 0) is 83.6 Å². The Morgan fingerprint density at radius 1 is 0.574 bits per heavy atom. The molecule has 2 amide bonds. The number of para-hydroxylation sites is 2. The van der Waals surface area contributed by atoms with Crippen molar-refractivity contribution in [1.29, 1.82) is 0 Å². The Morgan fingerprint density at radius 3 is 1.33 bits per heavy atom. The van der Waals surface area contributed by atoms with Crippen molar-refractivity contribution in [3.05, 3.63) is 97.1 Å². The topological polar surface area (TPSA) is 258 Å². The molecule has 0 aliphatic heterocycles. The zero-order chi connectivity index (χ0) is 38.8. The number of nitrogens with zero attached hydrogens (tertiary/aromatic N) is 4. The lowest BCUT2D eigenvalue weighted by molar-refractivity contribution is 0.262. The molecule has 54 heavy (non-hydrogen) atoms. The van der Waals surface area contributed by atoms with Gasteiger partial charge in [-0.3, -0.25) is 9.11 Å². The van der Waals surface area contributed by atoms with Gasteiger partial charge in [-0.15, -0.1) is 20.5 Å². The molecule has 0 atom stereocenters. The molecule has 6 aromatic carbocycles. The Kier molecular flexibility index (Phi) is 10.1. The third-order valence-corrected chi connectivity index (χ3v) is 9.59. The van der Waals surface area contributed by atoms with E-state index >= 15 is 0 Å². The van der Waals surface area contributed by atoms with E-state index in [2.05, 4.69) is 31.1 Å². The van der Waals surface area contributed by atoms with E-state index in [-0.39, 0.29) is 44.3 Å². The van der Waals surface area contributed by atoms with Gasteiger partial charge in [0.1, 0.15) is 44.0 Å². The molecule has 6 aromatic rings. The number of carbonyl (C=O) groups is 1. The van der Waals surface area contributed by atoms with Gasteiger partial charge in [0.25, 0.3) is 20.2 Å². The molecule has 0 aromatic heterocycles. The first-order chi connectivity index (χ1) is 25.7. The van der Waals surface area contributed by atoms with Crippen molar-refractivity contribution in [3.8, 4) is 23.0 Å². The monoisotopic (exact) mass is 772 g/mol. The number of phenols is 2. The Hall–Kier alpha value is -6.67. The summed E-state index contributed by atoms with van der Waals surface area (Å²) >= 11 is 0. The number of methoxy groups -OCH3 is 2. The van der Waals surface area contributed by atoms with E-state index < -0.39 is 58.9 Å². The molecule has 0 heterocycles. The van der Waals surface area contributed by atoms with Gasteiger partial charge in [0.05, 0.1) is 14.2 Å². The molecule has 0 spiro atoms. The number of ether oxygens (including phenoxy) is 2. The summed E-state index contributed by atoms with van der Waals surface area (Å²) in [6.07, 6.45) is 0. The fourth-order valence-electron chi connectivity index (χ4n) is 5.37. The molecule has 0 radical (unpaired) electrons. The minimum absolute atomic E-state index is 0.103. The SMILES string of the molecule is COc1ccccc1N=Nc1c(S(=O)(=O)O)cc2cc(NC(=O)Nc3ccc4c(O)c(N=Nc5ccccc5OC)c(S(=O)(=O)O)cc4c3)ccc2c1O. The first kappa shape index (κ1) is 37.1. The molecular formula is C35H28N6O11S2. The second-order valence-corrected chi connectivity index (χ2v) is 14.1. The Balaban J connectivity index is 1.28. The molecule has 0 saturated carbocycles. The first-order valence-corrected chi connectivity index (χ1v) is 18.3. The summed E-state index contributed by atoms with van der Waals surface area (Å²) in [7, 11) is -7.05. The Labute approximate surface area is 306 Å². The number of amides is 2. The van der Waals surface area contributed by atoms with Crippen LogP contribution in [-0.2, 0) is 20.2 Å². The van der Waals surface area contributed by atoms with Crippen LogP contribution in [0.3, 0.4) is 0 Å². The summed E-state index contributed by atoms with van der Waals surface area (Å²) < 4.78 is 79.7. The van der Waals surface area contributed by atoms with E-state index in [9.17, 15) is 40.9 Å². The van der Waals surface area contributed by atoms with Crippen LogP contribution >= 0.6 is 0 Å². The molecular weight excluding hydrogens is 745 g/mol. The summed E-state index contributed by atoms with van der Waals surface area (Å²) in [5.41, 5.74) is -0.321. The average Bonchev–Trinajstić information content (AvgIpc) is 3.13. The van der Waals surface area contributed by atoms with Gasteiger partial charge >= 0.3 is 6.03 Å². The van der Waals surface area contributed by atoms with Crippen LogP contribution in [0.4, 0.5) is 38.9 Å². The van der Waals surface area contributed by atoms with Crippen molar-refractivity contribution >= 4 is 81.9 Å². The van der Waals surface area contributed by atoms with Gasteiger partial charge < -0.3 is 30.3 Å². The summed E-state index contributed by atoms with van der Waals surface area (Å²) in [5, 5.41) is 43.4. The summed E-state index contributed by atoms with van der Waals surface area (Å²) in [4.78, 5) is 11.5. The third kappa shape index (κ3) is 7.73. The van der Waals surface area contributed by atoms with Crippen molar-refractivity contribution in [3.63, 3.8) is 0 Å². The van der Waals surface area contributed by atoms with E-state index in [1.165, 1.54) is 50.6 Å². The number of carbonyl (C=O) groups excluding carboxylic acids is 1. The number of hydrogen-bond donors (Lipinski definition) is 6. The lowest BCUT2D eigenvalue weighted by atomic mass is 10.1. The zero-order valence-electron chi connectivity index (χ0n) is 28.0. The summed E-state index contributed by atoms with van der Waals surface area (Å²) in [6.45, 7) is 0. The minimum Gasteiger partial charge on any atom is -0.505 e. The smallest absolute Gasteiger partial charge is 0.323 e. The molecule has 6 N–H and O–H groups in total. The van der Waals surface area contributed by atoms with Gasteiger partial charge in [-0.1, -0.05) is 24.3 Å². The number of benzene rings is 6. The molecule has 19 heteroatoms. The standard InChI is InChI=1S/C35H28N6O11S2/c1-51-27-9-5-3-7-25(27)38-40-31-29(53(45,46)47)17-19-15-21(11-13-23(19)33(31)42)36-35(44)37-22-12-14-24-20(16-22)18-30(54(48,49)50)32(34(24)43)41-39-26-8-4-6-10-28(26)52-2/h3-18,42-43H,1-2H3,(H2,36,37,44)(H,45,46,47)(H,48,49,50). The van der Waals surface area contributed by atoms with Crippen LogP contribution < -0.4 is 20.1 Å². The molecule has 0 aliphatic rings. The predicted molar refractivity (Wildman–Crippen MR) is 198 cm³/mol. The van der Waals surface area contributed by atoms with E-state index in [1.807, 2.05) is 0 Å². The quantitative estimate of drug-likeness (QED) is 0.0569. The van der Waals surface area contributed by atoms with E-state index in [0.717, 1.165) is 12.1 Å². The number of urea groups is 1. The lowest BCUT2D eigenvalue weighted by Crippen LogP contribution is -2.19. The number of azo groups is 2. The molecule has 0 bridgehead atoms. The van der Waals surface area contributed by atoms with Gasteiger partial charge in [0, 0.05) is 22.1 Å². The fraction of sp³-hybridized carbons (Fsp3) is 0.0571. The van der Waals surface area contributed by atoms with Crippen molar-refractivity contribution < 1.29 is 50.4 Å². The maximum atomic E-state index is 13.0. The van der Waals surface area contributed by atoms with Gasteiger partial charge in [0.2, 0.25) is 0 Å². The second-order valence-electron chi connectivity index (χ2n) is 11.3. The van der Waals surface area contributed by atoms with Crippen LogP contribution in [0.5, 0.6) is 23.0 Å². The third-order valence-electron chi connectivity index (χ3n) is 7.86. The highest BCUT2D eigenvalue weighted by atomic mass is 32.2. The number of aromatic hydroxyl groups is 2. The molecule has 0 fully saturated rings. The maximum absolute atomic E-state index is 13.0. The number of fused-ring (bicyclic) bond motifs is 2. The molecule has 0 unspecified atom stereocenters. The number of phenolic OH excluding ortho intramolecular Hbond substituents is 2. The lowest BCUT2D eigenvalue weighted by Gasteiger charge is -2.13. The minimum atomic E-state index is -4.93. The van der Waals surface area contributed by atoms with E-state index in [0.29, 0.717) is 11.5 Å². The highest BCUT2D eigenvalue weighted by Gasteiger charge is 2.24.